The van der Waals surface area contributed by atoms with Crippen LogP contribution in [-0.2, 0) is 14.8 Å². The normalized spacial score (nSPS) is 16.3. The van der Waals surface area contributed by atoms with Gasteiger partial charge in [0.05, 0.1) is 17.8 Å². The number of sulfonamides is 1. The van der Waals surface area contributed by atoms with Crippen molar-refractivity contribution in [1.29, 1.82) is 0 Å². The maximum absolute atomic E-state index is 12.8. The minimum atomic E-state index is -3.76. The molecule has 0 radical (unpaired) electrons. The van der Waals surface area contributed by atoms with Crippen LogP contribution in [0.1, 0.15) is 22.1 Å². The highest BCUT2D eigenvalue weighted by Gasteiger charge is 2.34. The second-order valence-electron chi connectivity index (χ2n) is 7.60. The van der Waals surface area contributed by atoms with E-state index in [9.17, 15) is 13.2 Å². The fourth-order valence-corrected chi connectivity index (χ4v) is 5.77. The molecule has 1 N–H and O–H groups in total. The maximum atomic E-state index is 12.8. The van der Waals surface area contributed by atoms with Crippen molar-refractivity contribution in [2.24, 2.45) is 0 Å². The molecule has 1 heterocycles. The van der Waals surface area contributed by atoms with Gasteiger partial charge in [-0.15, -0.1) is 11.8 Å². The lowest BCUT2D eigenvalue weighted by Gasteiger charge is -2.25. The summed E-state index contributed by atoms with van der Waals surface area (Å²) in [5, 5.41) is -0.227. The lowest BCUT2D eigenvalue weighted by Crippen LogP contribution is -2.28. The number of methoxy groups -OCH3 is 1. The third-order valence-corrected chi connectivity index (χ3v) is 8.04. The average Bonchev–Trinajstić information content (AvgIpc) is 3.17. The molecule has 166 valence electrons. The zero-order chi connectivity index (χ0) is 22.9. The van der Waals surface area contributed by atoms with Gasteiger partial charge in [-0.1, -0.05) is 18.2 Å². The molecular formula is C24H24N2O4S2. The molecule has 0 bridgehead atoms. The fraction of sp³-hybridized carbons (Fsp3) is 0.208. The molecule has 1 saturated heterocycles. The van der Waals surface area contributed by atoms with Crippen molar-refractivity contribution in [3.63, 3.8) is 0 Å². The van der Waals surface area contributed by atoms with E-state index in [1.807, 2.05) is 38.1 Å². The predicted octanol–water partition coefficient (Wildman–Crippen LogP) is 4.89. The number of thioether (sulfide) groups is 1. The summed E-state index contributed by atoms with van der Waals surface area (Å²) in [5.74, 6) is 0.993. The van der Waals surface area contributed by atoms with Crippen molar-refractivity contribution in [1.82, 2.24) is 0 Å². The molecular weight excluding hydrogens is 444 g/mol. The number of carbonyl (C=O) groups excluding carboxylic acids is 1. The van der Waals surface area contributed by atoms with Crippen molar-refractivity contribution in [2.45, 2.75) is 24.1 Å². The molecule has 3 aromatic rings. The van der Waals surface area contributed by atoms with Crippen LogP contribution in [0.15, 0.2) is 71.6 Å². The Morgan fingerprint density at radius 3 is 2.44 bits per heavy atom. The molecule has 0 aliphatic carbocycles. The van der Waals surface area contributed by atoms with Crippen LogP contribution in [0.25, 0.3) is 0 Å². The highest BCUT2D eigenvalue weighted by molar-refractivity contribution is 8.00. The molecule has 3 aromatic carbocycles. The highest BCUT2D eigenvalue weighted by Crippen LogP contribution is 2.42. The highest BCUT2D eigenvalue weighted by atomic mass is 32.2. The van der Waals surface area contributed by atoms with Crippen molar-refractivity contribution < 1.29 is 17.9 Å². The molecule has 0 aromatic heterocycles. The zero-order valence-corrected chi connectivity index (χ0v) is 19.7. The molecule has 1 amide bonds. The number of nitrogens with zero attached hydrogens (tertiary/aromatic N) is 1. The number of benzene rings is 3. The second kappa shape index (κ2) is 8.88. The van der Waals surface area contributed by atoms with Crippen molar-refractivity contribution in [3.05, 3.63) is 83.4 Å². The average molecular weight is 469 g/mol. The number of hydrogen-bond acceptors (Lipinski definition) is 5. The van der Waals surface area contributed by atoms with E-state index in [2.05, 4.69) is 4.72 Å². The summed E-state index contributed by atoms with van der Waals surface area (Å²) in [6, 6.07) is 19.4. The van der Waals surface area contributed by atoms with Crippen LogP contribution in [0, 0.1) is 13.8 Å². The van der Waals surface area contributed by atoms with Gasteiger partial charge in [0.2, 0.25) is 5.91 Å². The number of rotatable bonds is 6. The van der Waals surface area contributed by atoms with E-state index in [1.165, 1.54) is 36.6 Å². The fourth-order valence-electron chi connectivity index (χ4n) is 3.55. The minimum absolute atomic E-state index is 0.0347. The molecule has 1 fully saturated rings. The standard InChI is InChI=1S/C24H24N2O4S2/c1-16-7-8-20(13-17(16)2)26-23(27)15-31-24(26)18-5-4-6-19(14-18)25-32(28,29)22-11-9-21(30-3)10-12-22/h4-14,24-25H,15H2,1-3H3. The van der Waals surface area contributed by atoms with Crippen LogP contribution in [0.4, 0.5) is 11.4 Å². The number of ether oxygens (including phenoxy) is 1. The Balaban J connectivity index is 1.61. The van der Waals surface area contributed by atoms with Crippen LogP contribution in [0.2, 0.25) is 0 Å². The van der Waals surface area contributed by atoms with Gasteiger partial charge < -0.3 is 4.74 Å². The van der Waals surface area contributed by atoms with Crippen molar-refractivity contribution >= 4 is 39.1 Å². The van der Waals surface area contributed by atoms with Crippen LogP contribution in [0.3, 0.4) is 0 Å². The number of carbonyl (C=O) groups is 1. The molecule has 1 atom stereocenters. The third-order valence-electron chi connectivity index (χ3n) is 5.43. The molecule has 1 aliphatic heterocycles. The van der Waals surface area contributed by atoms with Crippen molar-refractivity contribution in [2.75, 3.05) is 22.5 Å². The molecule has 1 aliphatic rings. The Morgan fingerprint density at radius 2 is 1.75 bits per heavy atom. The summed E-state index contributed by atoms with van der Waals surface area (Å²) >= 11 is 1.53. The van der Waals surface area contributed by atoms with Gasteiger partial charge in [0.25, 0.3) is 10.0 Å². The summed E-state index contributed by atoms with van der Waals surface area (Å²) < 4.78 is 33.4. The van der Waals surface area contributed by atoms with Crippen molar-refractivity contribution in [3.8, 4) is 5.75 Å². The minimum Gasteiger partial charge on any atom is -0.497 e. The third kappa shape index (κ3) is 4.47. The molecule has 8 heteroatoms. The molecule has 0 saturated carbocycles. The van der Waals surface area contributed by atoms with E-state index in [-0.39, 0.29) is 16.2 Å². The summed E-state index contributed by atoms with van der Waals surface area (Å²) in [4.78, 5) is 14.6. The summed E-state index contributed by atoms with van der Waals surface area (Å²) in [6.45, 7) is 4.06. The van der Waals surface area contributed by atoms with E-state index in [1.54, 1.807) is 35.2 Å². The molecule has 0 spiro atoms. The lowest BCUT2D eigenvalue weighted by molar-refractivity contribution is -0.115. The van der Waals surface area contributed by atoms with Gasteiger partial charge in [-0.25, -0.2) is 8.42 Å². The molecule has 1 unspecified atom stereocenters. The first-order valence-electron chi connectivity index (χ1n) is 10.1. The van der Waals surface area contributed by atoms with Crippen LogP contribution < -0.4 is 14.4 Å². The molecule has 6 nitrogen and oxygen atoms in total. The number of aryl methyl sites for hydroxylation is 2. The van der Waals surface area contributed by atoms with Gasteiger partial charge in [0, 0.05) is 11.4 Å². The van der Waals surface area contributed by atoms with Gasteiger partial charge in [-0.3, -0.25) is 14.4 Å². The summed E-state index contributed by atoms with van der Waals surface area (Å²) in [7, 11) is -2.23. The van der Waals surface area contributed by atoms with E-state index in [0.717, 1.165) is 16.8 Å². The topological polar surface area (TPSA) is 75.7 Å². The van der Waals surface area contributed by atoms with Crippen LogP contribution >= 0.6 is 11.8 Å². The van der Waals surface area contributed by atoms with E-state index >= 15 is 0 Å². The summed E-state index contributed by atoms with van der Waals surface area (Å²) in [5.41, 5.74) is 4.43. The second-order valence-corrected chi connectivity index (χ2v) is 10.4. The predicted molar refractivity (Wildman–Crippen MR) is 129 cm³/mol. The van der Waals surface area contributed by atoms with Gasteiger partial charge in [-0.05, 0) is 79.1 Å². The van der Waals surface area contributed by atoms with Gasteiger partial charge >= 0.3 is 0 Å². The first kappa shape index (κ1) is 22.2. The zero-order valence-electron chi connectivity index (χ0n) is 18.0. The van der Waals surface area contributed by atoms with Crippen LogP contribution in [-0.4, -0.2) is 27.2 Å². The van der Waals surface area contributed by atoms with Gasteiger partial charge in [-0.2, -0.15) is 0 Å². The number of anilines is 2. The van der Waals surface area contributed by atoms with Gasteiger partial charge in [0.15, 0.2) is 0 Å². The molecule has 32 heavy (non-hydrogen) atoms. The summed E-state index contributed by atoms with van der Waals surface area (Å²) in [6.07, 6.45) is 0. The van der Waals surface area contributed by atoms with E-state index in [4.69, 9.17) is 4.74 Å². The van der Waals surface area contributed by atoms with E-state index in [0.29, 0.717) is 17.2 Å². The number of amides is 1. The monoisotopic (exact) mass is 468 g/mol. The first-order chi connectivity index (χ1) is 15.3. The number of nitrogens with one attached hydrogen (secondary N) is 1. The van der Waals surface area contributed by atoms with Crippen LogP contribution in [0.5, 0.6) is 5.75 Å². The quantitative estimate of drug-likeness (QED) is 0.557. The number of hydrogen-bond donors (Lipinski definition) is 1. The Morgan fingerprint density at radius 1 is 1.00 bits per heavy atom. The Labute approximate surface area is 192 Å². The Hall–Kier alpha value is -2.97. The first-order valence-corrected chi connectivity index (χ1v) is 12.6. The largest absolute Gasteiger partial charge is 0.497 e. The Kier molecular flexibility index (Phi) is 6.17. The lowest BCUT2D eigenvalue weighted by atomic mass is 10.1. The smallest absolute Gasteiger partial charge is 0.261 e. The Bertz CT molecular complexity index is 1260. The SMILES string of the molecule is COc1ccc(S(=O)(=O)Nc2cccc(C3SCC(=O)N3c3ccc(C)c(C)c3)c2)cc1. The molecule has 4 rings (SSSR count). The van der Waals surface area contributed by atoms with E-state index < -0.39 is 10.0 Å². The maximum Gasteiger partial charge on any atom is 0.261 e. The van der Waals surface area contributed by atoms with Gasteiger partial charge in [0.1, 0.15) is 11.1 Å².